The fourth-order valence-corrected chi connectivity index (χ4v) is 8.82. The maximum atomic E-state index is 11.6. The molecule has 0 saturated heterocycles. The van der Waals surface area contributed by atoms with Crippen LogP contribution in [0.1, 0.15) is 85.0 Å². The molecule has 0 heterocycles. The van der Waals surface area contributed by atoms with Gasteiger partial charge in [0.25, 0.3) is 0 Å². The van der Waals surface area contributed by atoms with Gasteiger partial charge in [0, 0.05) is 6.42 Å². The number of fused-ring (bicyclic) bond motifs is 5. The first-order chi connectivity index (χ1) is 13.7. The van der Waals surface area contributed by atoms with Crippen LogP contribution < -0.4 is 0 Å². The zero-order chi connectivity index (χ0) is 21.0. The highest BCUT2D eigenvalue weighted by Crippen LogP contribution is 2.68. The number of rotatable bonds is 4. The van der Waals surface area contributed by atoms with Crippen molar-refractivity contribution in [2.45, 2.75) is 97.2 Å². The van der Waals surface area contributed by atoms with Gasteiger partial charge in [0.1, 0.15) is 0 Å². The number of aliphatic hydroxyl groups is 2. The van der Waals surface area contributed by atoms with E-state index in [0.29, 0.717) is 47.3 Å². The molecular weight excluding hydrogens is 364 g/mol. The molecule has 2 N–H and O–H groups in total. The third kappa shape index (κ3) is 3.46. The van der Waals surface area contributed by atoms with E-state index in [0.717, 1.165) is 32.1 Å². The first-order valence-electron chi connectivity index (χ1n) is 12.1. The van der Waals surface area contributed by atoms with Gasteiger partial charge < -0.3 is 14.9 Å². The van der Waals surface area contributed by atoms with Crippen LogP contribution in [0.3, 0.4) is 0 Å². The molecule has 0 aromatic heterocycles. The molecule has 0 bridgehead atoms. The summed E-state index contributed by atoms with van der Waals surface area (Å²) in [6, 6.07) is 0. The van der Waals surface area contributed by atoms with Gasteiger partial charge in [-0.1, -0.05) is 20.8 Å². The van der Waals surface area contributed by atoms with E-state index < -0.39 is 0 Å². The van der Waals surface area contributed by atoms with Crippen molar-refractivity contribution in [1.82, 2.24) is 0 Å². The van der Waals surface area contributed by atoms with Crippen molar-refractivity contribution in [3.05, 3.63) is 0 Å². The quantitative estimate of drug-likeness (QED) is 0.671. The lowest BCUT2D eigenvalue weighted by Crippen LogP contribution is -2.58. The van der Waals surface area contributed by atoms with Crippen molar-refractivity contribution >= 4 is 5.97 Å². The predicted molar refractivity (Wildman–Crippen MR) is 113 cm³/mol. The van der Waals surface area contributed by atoms with Gasteiger partial charge in [-0.3, -0.25) is 4.79 Å². The first-order valence-corrected chi connectivity index (χ1v) is 12.1. The molecule has 4 nitrogen and oxygen atoms in total. The normalized spacial score (nSPS) is 50.2. The third-order valence-corrected chi connectivity index (χ3v) is 10.4. The van der Waals surface area contributed by atoms with Crippen LogP contribution in [0.4, 0.5) is 0 Å². The molecule has 29 heavy (non-hydrogen) atoms. The second-order valence-corrected chi connectivity index (χ2v) is 11.5. The highest BCUT2D eigenvalue weighted by atomic mass is 16.5. The number of carbonyl (C=O) groups excluding carboxylic acids is 1. The van der Waals surface area contributed by atoms with Crippen molar-refractivity contribution < 1.29 is 19.7 Å². The van der Waals surface area contributed by atoms with Crippen LogP contribution in [0.15, 0.2) is 0 Å². The molecule has 4 rings (SSSR count). The summed E-state index contributed by atoms with van der Waals surface area (Å²) in [7, 11) is 1.48. The maximum Gasteiger partial charge on any atom is 0.305 e. The molecule has 166 valence electrons. The van der Waals surface area contributed by atoms with Gasteiger partial charge in [-0.25, -0.2) is 0 Å². The zero-order valence-electron chi connectivity index (χ0n) is 18.9. The molecule has 0 aliphatic heterocycles. The highest BCUT2D eigenvalue weighted by molar-refractivity contribution is 5.69. The fraction of sp³-hybridized carbons (Fsp3) is 0.960. The Kier molecular flexibility index (Phi) is 5.83. The zero-order valence-corrected chi connectivity index (χ0v) is 18.9. The molecule has 4 saturated carbocycles. The van der Waals surface area contributed by atoms with Crippen LogP contribution in [0.25, 0.3) is 0 Å². The molecule has 4 fully saturated rings. The van der Waals surface area contributed by atoms with Gasteiger partial charge in [0.05, 0.1) is 19.3 Å². The van der Waals surface area contributed by atoms with Gasteiger partial charge in [0.15, 0.2) is 0 Å². The minimum absolute atomic E-state index is 0.0959. The fourth-order valence-electron chi connectivity index (χ4n) is 8.82. The molecule has 4 aliphatic rings. The molecule has 4 heteroatoms. The Morgan fingerprint density at radius 2 is 1.72 bits per heavy atom. The number of aliphatic hydroxyl groups excluding tert-OH is 2. The molecule has 0 spiro atoms. The Hall–Kier alpha value is -0.610. The second kappa shape index (κ2) is 7.82. The Bertz CT molecular complexity index is 620. The molecule has 2 unspecified atom stereocenters. The molecule has 0 aromatic carbocycles. The summed E-state index contributed by atoms with van der Waals surface area (Å²) in [6.07, 6.45) is 9.80. The van der Waals surface area contributed by atoms with Gasteiger partial charge in [-0.05, 0) is 104 Å². The van der Waals surface area contributed by atoms with E-state index in [4.69, 9.17) is 4.74 Å². The van der Waals surface area contributed by atoms with Gasteiger partial charge in [-0.2, -0.15) is 0 Å². The summed E-state index contributed by atoms with van der Waals surface area (Å²) in [5.74, 6) is 3.17. The summed E-state index contributed by atoms with van der Waals surface area (Å²) in [5.41, 5.74) is 0.577. The number of hydrogen-bond donors (Lipinski definition) is 2. The van der Waals surface area contributed by atoms with Gasteiger partial charge in [-0.15, -0.1) is 0 Å². The van der Waals surface area contributed by atoms with Crippen molar-refractivity contribution in [1.29, 1.82) is 0 Å². The van der Waals surface area contributed by atoms with Crippen molar-refractivity contribution in [2.24, 2.45) is 46.3 Å². The van der Waals surface area contributed by atoms with Crippen molar-refractivity contribution in [3.63, 3.8) is 0 Å². The summed E-state index contributed by atoms with van der Waals surface area (Å²) >= 11 is 0. The average Bonchev–Trinajstić information content (AvgIpc) is 3.04. The van der Waals surface area contributed by atoms with Crippen molar-refractivity contribution in [3.8, 4) is 0 Å². The van der Waals surface area contributed by atoms with E-state index in [1.807, 2.05) is 0 Å². The Balaban J connectivity index is 1.53. The first kappa shape index (κ1) is 21.6. The van der Waals surface area contributed by atoms with Gasteiger partial charge >= 0.3 is 5.97 Å². The van der Waals surface area contributed by atoms with E-state index in [1.54, 1.807) is 0 Å². The number of methoxy groups -OCH3 is 1. The van der Waals surface area contributed by atoms with Crippen molar-refractivity contribution in [2.75, 3.05) is 7.11 Å². The standard InChI is InChI=1S/C25H42O4/c1-15(5-8-22(28)29-4)18-6-7-19-23-20(10-12-25(18,19)3)24(2)11-9-17(26)13-16(24)14-21(23)27/h15-21,23,26-27H,5-14H2,1-4H3/t15-,16+,17-,18-,19+,20?,21-,23?,24+,25-/m1/s1. The van der Waals surface area contributed by atoms with Crippen LogP contribution in [-0.2, 0) is 9.53 Å². The van der Waals surface area contributed by atoms with Crippen LogP contribution >= 0.6 is 0 Å². The minimum atomic E-state index is -0.211. The summed E-state index contributed by atoms with van der Waals surface area (Å²) < 4.78 is 4.86. The van der Waals surface area contributed by atoms with Crippen LogP contribution in [0.5, 0.6) is 0 Å². The van der Waals surface area contributed by atoms with E-state index in [1.165, 1.54) is 32.8 Å². The largest absolute Gasteiger partial charge is 0.469 e. The number of hydrogen-bond acceptors (Lipinski definition) is 4. The van der Waals surface area contributed by atoms with E-state index in [-0.39, 0.29) is 23.6 Å². The number of carbonyl (C=O) groups is 1. The molecule has 0 amide bonds. The minimum Gasteiger partial charge on any atom is -0.469 e. The van der Waals surface area contributed by atoms with Crippen LogP contribution in [-0.4, -0.2) is 35.5 Å². The number of ether oxygens (including phenoxy) is 1. The van der Waals surface area contributed by atoms with E-state index >= 15 is 0 Å². The second-order valence-electron chi connectivity index (χ2n) is 11.5. The lowest BCUT2D eigenvalue weighted by molar-refractivity contribution is -0.174. The Morgan fingerprint density at radius 3 is 2.45 bits per heavy atom. The molecule has 0 aromatic rings. The molecule has 10 atom stereocenters. The van der Waals surface area contributed by atoms with E-state index in [9.17, 15) is 15.0 Å². The highest BCUT2D eigenvalue weighted by Gasteiger charge is 2.62. The van der Waals surface area contributed by atoms with E-state index in [2.05, 4.69) is 20.8 Å². The maximum absolute atomic E-state index is 11.6. The third-order valence-electron chi connectivity index (χ3n) is 10.4. The summed E-state index contributed by atoms with van der Waals surface area (Å²) in [5, 5.41) is 21.5. The smallest absolute Gasteiger partial charge is 0.305 e. The number of esters is 1. The summed E-state index contributed by atoms with van der Waals surface area (Å²) in [4.78, 5) is 11.6. The Morgan fingerprint density at radius 1 is 1.03 bits per heavy atom. The van der Waals surface area contributed by atoms with Gasteiger partial charge in [0.2, 0.25) is 0 Å². The lowest BCUT2D eigenvalue weighted by atomic mass is 9.43. The predicted octanol–water partition coefficient (Wildman–Crippen LogP) is 4.57. The molecule has 0 radical (unpaired) electrons. The monoisotopic (exact) mass is 406 g/mol. The lowest BCUT2D eigenvalue weighted by Gasteiger charge is -2.62. The molecular formula is C25H42O4. The topological polar surface area (TPSA) is 66.8 Å². The average molecular weight is 407 g/mol. The van der Waals surface area contributed by atoms with Crippen LogP contribution in [0, 0.1) is 46.3 Å². The summed E-state index contributed by atoms with van der Waals surface area (Å²) in [6.45, 7) is 7.29. The molecule has 4 aliphatic carbocycles. The van der Waals surface area contributed by atoms with Crippen LogP contribution in [0.2, 0.25) is 0 Å². The Labute approximate surface area is 176 Å². The SMILES string of the molecule is COC(=O)CC[C@@H](C)[C@H]1CC[C@H]2C3C(CC[C@]12C)[C@@]1(C)CC[C@@H](O)C[C@H]1C[C@H]3O.